The van der Waals surface area contributed by atoms with Gasteiger partial charge in [0.05, 0.1) is 13.2 Å². The summed E-state index contributed by atoms with van der Waals surface area (Å²) in [4.78, 5) is 15.1. The number of benzene rings is 1. The maximum Gasteiger partial charge on any atom is 0.223 e. The van der Waals surface area contributed by atoms with Crippen LogP contribution in [0, 0.1) is 0 Å². The van der Waals surface area contributed by atoms with Crippen molar-refractivity contribution >= 4 is 5.91 Å². The molecule has 6 nitrogen and oxygen atoms in total. The van der Waals surface area contributed by atoms with Crippen LogP contribution in [0.25, 0.3) is 0 Å². The van der Waals surface area contributed by atoms with E-state index < -0.39 is 0 Å². The van der Waals surface area contributed by atoms with E-state index in [1.54, 1.807) is 7.11 Å². The van der Waals surface area contributed by atoms with Crippen LogP contribution < -0.4 is 4.74 Å². The Kier molecular flexibility index (Phi) is 4.66. The number of hydrogen-bond donors (Lipinski definition) is 0. The third-order valence-electron chi connectivity index (χ3n) is 5.73. The number of aryl methyl sites for hydroxylation is 2. The minimum Gasteiger partial charge on any atom is -0.497 e. The molecule has 3 heterocycles. The van der Waals surface area contributed by atoms with Crippen LogP contribution in [0.2, 0.25) is 0 Å². The summed E-state index contributed by atoms with van der Waals surface area (Å²) in [6, 6.07) is 8.54. The Morgan fingerprint density at radius 2 is 1.96 bits per heavy atom. The fourth-order valence-corrected chi connectivity index (χ4v) is 4.34. The van der Waals surface area contributed by atoms with E-state index in [2.05, 4.69) is 26.6 Å². The standard InChI is InChI=1S/C20H26N4O2/c1-3-18-21-22-19-12-15-7-8-16(13-23(18)19)24(15)20(25)11-6-14-4-9-17(26-2)10-5-14/h4-5,9-10,15-16H,3,6-8,11-13H2,1-2H3. The Morgan fingerprint density at radius 1 is 1.19 bits per heavy atom. The predicted octanol–water partition coefficient (Wildman–Crippen LogP) is 2.40. The number of methoxy groups -OCH3 is 1. The number of carbonyl (C=O) groups is 1. The highest BCUT2D eigenvalue weighted by Crippen LogP contribution is 2.32. The zero-order valence-corrected chi connectivity index (χ0v) is 15.5. The molecular weight excluding hydrogens is 328 g/mol. The highest BCUT2D eigenvalue weighted by molar-refractivity contribution is 5.77. The van der Waals surface area contributed by atoms with E-state index >= 15 is 0 Å². The first-order chi connectivity index (χ1) is 12.7. The van der Waals surface area contributed by atoms with Gasteiger partial charge in [0.2, 0.25) is 5.91 Å². The lowest BCUT2D eigenvalue weighted by atomic mass is 10.1. The summed E-state index contributed by atoms with van der Waals surface area (Å²) in [6.45, 7) is 2.95. The largest absolute Gasteiger partial charge is 0.497 e. The first-order valence-corrected chi connectivity index (χ1v) is 9.54. The van der Waals surface area contributed by atoms with Crippen molar-refractivity contribution in [2.24, 2.45) is 0 Å². The lowest BCUT2D eigenvalue weighted by molar-refractivity contribution is -0.134. The molecule has 26 heavy (non-hydrogen) atoms. The van der Waals surface area contributed by atoms with E-state index in [0.29, 0.717) is 6.42 Å². The van der Waals surface area contributed by atoms with Gasteiger partial charge in [-0.2, -0.15) is 0 Å². The smallest absolute Gasteiger partial charge is 0.223 e. The van der Waals surface area contributed by atoms with Crippen LogP contribution in [0.1, 0.15) is 43.4 Å². The summed E-state index contributed by atoms with van der Waals surface area (Å²) < 4.78 is 7.44. The summed E-state index contributed by atoms with van der Waals surface area (Å²) in [6.07, 6.45) is 5.20. The Bertz CT molecular complexity index is 784. The number of rotatable bonds is 5. The van der Waals surface area contributed by atoms with Gasteiger partial charge in [0.1, 0.15) is 17.4 Å². The highest BCUT2D eigenvalue weighted by Gasteiger charge is 2.40. The van der Waals surface area contributed by atoms with E-state index in [1.165, 1.54) is 5.56 Å². The molecule has 2 aromatic rings. The van der Waals surface area contributed by atoms with Gasteiger partial charge in [-0.25, -0.2) is 0 Å². The van der Waals surface area contributed by atoms with Gasteiger partial charge in [0, 0.05) is 31.8 Å². The molecule has 0 N–H and O–H groups in total. The second-order valence-corrected chi connectivity index (χ2v) is 7.23. The maximum absolute atomic E-state index is 13.0. The number of hydrogen-bond acceptors (Lipinski definition) is 4. The first kappa shape index (κ1) is 17.1. The van der Waals surface area contributed by atoms with Gasteiger partial charge in [-0.3, -0.25) is 4.79 Å². The van der Waals surface area contributed by atoms with Crippen molar-refractivity contribution in [1.82, 2.24) is 19.7 Å². The van der Waals surface area contributed by atoms with Crippen molar-refractivity contribution in [1.29, 1.82) is 0 Å². The number of ether oxygens (including phenoxy) is 1. The molecule has 2 aliphatic heterocycles. The molecule has 0 saturated carbocycles. The van der Waals surface area contributed by atoms with Crippen LogP contribution in [0.3, 0.4) is 0 Å². The third kappa shape index (κ3) is 3.08. The number of carbonyl (C=O) groups excluding carboxylic acids is 1. The van der Waals surface area contributed by atoms with Crippen molar-refractivity contribution in [2.45, 2.75) is 64.1 Å². The SMILES string of the molecule is CCc1nnc2n1CC1CCC(C2)N1C(=O)CCc1ccc(OC)cc1. The van der Waals surface area contributed by atoms with Crippen LogP contribution in [0.4, 0.5) is 0 Å². The topological polar surface area (TPSA) is 60.2 Å². The molecule has 0 aliphatic carbocycles. The summed E-state index contributed by atoms with van der Waals surface area (Å²) in [7, 11) is 1.66. The summed E-state index contributed by atoms with van der Waals surface area (Å²) in [5, 5.41) is 8.69. The Hall–Kier alpha value is -2.37. The van der Waals surface area contributed by atoms with Gasteiger partial charge >= 0.3 is 0 Å². The molecule has 2 unspecified atom stereocenters. The molecular formula is C20H26N4O2. The Balaban J connectivity index is 1.44. The molecule has 0 radical (unpaired) electrons. The van der Waals surface area contributed by atoms with Crippen molar-refractivity contribution in [3.05, 3.63) is 41.5 Å². The molecule has 6 heteroatoms. The highest BCUT2D eigenvalue weighted by atomic mass is 16.5. The van der Waals surface area contributed by atoms with Crippen LogP contribution in [0.15, 0.2) is 24.3 Å². The number of fused-ring (bicyclic) bond motifs is 3. The molecule has 1 amide bonds. The molecule has 1 saturated heterocycles. The molecule has 1 fully saturated rings. The van der Waals surface area contributed by atoms with Crippen LogP contribution >= 0.6 is 0 Å². The van der Waals surface area contributed by atoms with Gasteiger partial charge in [0.15, 0.2) is 0 Å². The monoisotopic (exact) mass is 354 g/mol. The quantitative estimate of drug-likeness (QED) is 0.827. The second-order valence-electron chi connectivity index (χ2n) is 7.23. The van der Waals surface area contributed by atoms with Crippen LogP contribution in [0.5, 0.6) is 5.75 Å². The number of aromatic nitrogens is 3. The fourth-order valence-electron chi connectivity index (χ4n) is 4.34. The number of amides is 1. The minimum absolute atomic E-state index is 0.269. The van der Waals surface area contributed by atoms with E-state index in [1.807, 2.05) is 24.3 Å². The van der Waals surface area contributed by atoms with E-state index in [9.17, 15) is 4.79 Å². The summed E-state index contributed by atoms with van der Waals surface area (Å²) in [5.74, 6) is 3.20. The van der Waals surface area contributed by atoms with E-state index in [0.717, 1.165) is 56.0 Å². The Morgan fingerprint density at radius 3 is 2.69 bits per heavy atom. The molecule has 2 aliphatic rings. The molecule has 2 atom stereocenters. The molecule has 4 rings (SSSR count). The molecule has 1 aromatic carbocycles. The van der Waals surface area contributed by atoms with Crippen molar-refractivity contribution in [3.63, 3.8) is 0 Å². The molecule has 1 aromatic heterocycles. The van der Waals surface area contributed by atoms with Gasteiger partial charge < -0.3 is 14.2 Å². The molecule has 2 bridgehead atoms. The first-order valence-electron chi connectivity index (χ1n) is 9.54. The zero-order valence-electron chi connectivity index (χ0n) is 15.5. The van der Waals surface area contributed by atoms with Crippen LogP contribution in [-0.4, -0.2) is 44.8 Å². The normalized spacial score (nSPS) is 21.4. The predicted molar refractivity (Wildman–Crippen MR) is 98.1 cm³/mol. The van der Waals surface area contributed by atoms with E-state index in [-0.39, 0.29) is 18.0 Å². The summed E-state index contributed by atoms with van der Waals surface area (Å²) >= 11 is 0. The van der Waals surface area contributed by atoms with Crippen molar-refractivity contribution < 1.29 is 9.53 Å². The van der Waals surface area contributed by atoms with Gasteiger partial charge in [-0.1, -0.05) is 19.1 Å². The third-order valence-corrected chi connectivity index (χ3v) is 5.73. The molecule has 0 spiro atoms. The van der Waals surface area contributed by atoms with Crippen LogP contribution in [-0.2, 0) is 30.6 Å². The fraction of sp³-hybridized carbons (Fsp3) is 0.550. The lowest BCUT2D eigenvalue weighted by Crippen LogP contribution is -2.42. The minimum atomic E-state index is 0.269. The van der Waals surface area contributed by atoms with Crippen molar-refractivity contribution in [3.8, 4) is 5.75 Å². The van der Waals surface area contributed by atoms with Gasteiger partial charge in [-0.05, 0) is 37.0 Å². The average Bonchev–Trinajstić information content (AvgIpc) is 3.19. The summed E-state index contributed by atoms with van der Waals surface area (Å²) in [5.41, 5.74) is 1.17. The van der Waals surface area contributed by atoms with Crippen molar-refractivity contribution in [2.75, 3.05) is 7.11 Å². The average molecular weight is 354 g/mol. The second kappa shape index (κ2) is 7.09. The number of nitrogens with zero attached hydrogens (tertiary/aromatic N) is 4. The lowest BCUT2D eigenvalue weighted by Gasteiger charge is -2.28. The van der Waals surface area contributed by atoms with Gasteiger partial charge in [0.25, 0.3) is 0 Å². The van der Waals surface area contributed by atoms with E-state index in [4.69, 9.17) is 4.74 Å². The Labute approximate surface area is 154 Å². The van der Waals surface area contributed by atoms with Gasteiger partial charge in [-0.15, -0.1) is 10.2 Å². The molecule has 138 valence electrons. The maximum atomic E-state index is 13.0. The zero-order chi connectivity index (χ0) is 18.1.